The Kier molecular flexibility index (Phi) is 4.98. The fourth-order valence-electron chi connectivity index (χ4n) is 2.08. The highest BCUT2D eigenvalue weighted by molar-refractivity contribution is 7.94. The van der Waals surface area contributed by atoms with E-state index in [-0.39, 0.29) is 21.2 Å². The molecule has 0 aliphatic heterocycles. The van der Waals surface area contributed by atoms with Gasteiger partial charge < -0.3 is 0 Å². The van der Waals surface area contributed by atoms with Gasteiger partial charge in [0.25, 0.3) is 20.2 Å². The number of hydrogen-bond acceptors (Lipinski definition) is 8. The number of rotatable bonds is 5. The molecule has 0 bridgehead atoms. The van der Waals surface area contributed by atoms with Crippen LogP contribution in [0, 0.1) is 6.92 Å². The first-order valence-electron chi connectivity index (χ1n) is 5.72. The van der Waals surface area contributed by atoms with Crippen LogP contribution in [0.15, 0.2) is 39.0 Å². The van der Waals surface area contributed by atoms with Crippen molar-refractivity contribution in [2.24, 2.45) is 0 Å². The summed E-state index contributed by atoms with van der Waals surface area (Å²) in [5, 5.41) is 11.7. The summed E-state index contributed by atoms with van der Waals surface area (Å²) in [6.07, 6.45) is 0. The molecule has 0 fully saturated rings. The molecule has 0 spiro atoms. The summed E-state index contributed by atoms with van der Waals surface area (Å²) < 4.78 is 68.4. The molecule has 2 rings (SSSR count). The molecule has 0 radical (unpaired) electrons. The lowest BCUT2D eigenvalue weighted by Crippen LogP contribution is -2.03. The van der Waals surface area contributed by atoms with E-state index in [9.17, 15) is 21.4 Å². The third kappa shape index (κ3) is 3.99. The van der Waals surface area contributed by atoms with Crippen LogP contribution in [0.5, 0.6) is 0 Å². The molecule has 126 valence electrons. The Bertz CT molecular complexity index is 964. The molecule has 0 unspecified atom stereocenters. The quantitative estimate of drug-likeness (QED) is 0.304. The van der Waals surface area contributed by atoms with Crippen LogP contribution in [0.25, 0.3) is 10.8 Å². The molecule has 0 saturated heterocycles. The third-order valence-corrected chi connectivity index (χ3v) is 5.16. The zero-order valence-electron chi connectivity index (χ0n) is 11.3. The molecule has 2 aromatic rings. The molecule has 23 heavy (non-hydrogen) atoms. The predicted octanol–water partition coefficient (Wildman–Crippen LogP) is 2.07. The second kappa shape index (κ2) is 6.33. The SMILES string of the molecule is Cc1cc(S(=O)(=O)O)cc2cc(SOOO)cc(S(=O)(=O)O)c12. The molecule has 12 heteroatoms. The van der Waals surface area contributed by atoms with Crippen LogP contribution in [0.4, 0.5) is 0 Å². The van der Waals surface area contributed by atoms with Crippen LogP contribution in [-0.2, 0) is 29.6 Å². The summed E-state index contributed by atoms with van der Waals surface area (Å²) in [4.78, 5) is -0.838. The van der Waals surface area contributed by atoms with Crippen molar-refractivity contribution in [1.82, 2.24) is 0 Å². The highest BCUT2D eigenvalue weighted by atomic mass is 32.2. The molecule has 0 aliphatic rings. The van der Waals surface area contributed by atoms with Crippen molar-refractivity contribution < 1.29 is 40.6 Å². The maximum Gasteiger partial charge on any atom is 0.295 e. The number of benzene rings is 2. The fraction of sp³-hybridized carbons (Fsp3) is 0.0909. The van der Waals surface area contributed by atoms with Crippen molar-refractivity contribution in [3.63, 3.8) is 0 Å². The number of hydrogen-bond donors (Lipinski definition) is 3. The summed E-state index contributed by atoms with van der Waals surface area (Å²) >= 11 is 0.425. The van der Waals surface area contributed by atoms with Gasteiger partial charge in [-0.1, -0.05) is 5.04 Å². The molecule has 9 nitrogen and oxygen atoms in total. The second-order valence-electron chi connectivity index (χ2n) is 4.44. The van der Waals surface area contributed by atoms with Crippen LogP contribution < -0.4 is 0 Å². The molecule has 0 amide bonds. The van der Waals surface area contributed by atoms with Crippen LogP contribution in [0.1, 0.15) is 5.56 Å². The van der Waals surface area contributed by atoms with Crippen LogP contribution in [0.3, 0.4) is 0 Å². The lowest BCUT2D eigenvalue weighted by molar-refractivity contribution is -0.432. The Balaban J connectivity index is 2.87. The van der Waals surface area contributed by atoms with E-state index >= 15 is 0 Å². The Morgan fingerprint density at radius 2 is 1.65 bits per heavy atom. The van der Waals surface area contributed by atoms with E-state index in [0.717, 1.165) is 18.2 Å². The molecule has 0 atom stereocenters. The molecule has 0 saturated carbocycles. The summed E-state index contributed by atoms with van der Waals surface area (Å²) in [5.41, 5.74) is 0.207. The maximum atomic E-state index is 11.6. The van der Waals surface area contributed by atoms with Gasteiger partial charge >= 0.3 is 0 Å². The zero-order chi connectivity index (χ0) is 17.4. The van der Waals surface area contributed by atoms with Crippen LogP contribution >= 0.6 is 12.0 Å². The smallest absolute Gasteiger partial charge is 0.282 e. The van der Waals surface area contributed by atoms with Gasteiger partial charge in [0, 0.05) is 10.3 Å². The molecular formula is C11H10O9S3. The van der Waals surface area contributed by atoms with Gasteiger partial charge in [-0.3, -0.25) is 9.11 Å². The highest BCUT2D eigenvalue weighted by Gasteiger charge is 2.20. The standard InChI is InChI=1S/C11H10O9S3/c1-6-2-9(22(13,14)15)4-7-3-8(21-20-19-12)5-10(11(6)7)23(16,17)18/h2-5,12H,1H3,(H,13,14,15)(H,16,17,18). The highest BCUT2D eigenvalue weighted by Crippen LogP contribution is 2.34. The number of aryl methyl sites for hydroxylation is 1. The summed E-state index contributed by atoms with van der Waals surface area (Å²) in [6, 6.07) is 4.50. The van der Waals surface area contributed by atoms with Gasteiger partial charge in [0.2, 0.25) is 0 Å². The van der Waals surface area contributed by atoms with Crippen molar-refractivity contribution in [3.8, 4) is 0 Å². The van der Waals surface area contributed by atoms with Crippen molar-refractivity contribution >= 4 is 43.1 Å². The Morgan fingerprint density at radius 3 is 2.17 bits per heavy atom. The van der Waals surface area contributed by atoms with E-state index < -0.39 is 30.0 Å². The fourth-order valence-corrected chi connectivity index (χ4v) is 4.02. The van der Waals surface area contributed by atoms with Crippen LogP contribution in [-0.4, -0.2) is 31.2 Å². The number of fused-ring (bicyclic) bond motifs is 1. The topological polar surface area (TPSA) is 147 Å². The molecule has 2 aromatic carbocycles. The zero-order valence-corrected chi connectivity index (χ0v) is 13.8. The first-order valence-corrected chi connectivity index (χ1v) is 9.34. The van der Waals surface area contributed by atoms with Gasteiger partial charge in [-0.05, 0) is 42.1 Å². The summed E-state index contributed by atoms with van der Waals surface area (Å²) in [5.74, 6) is 0. The van der Waals surface area contributed by atoms with E-state index in [4.69, 9.17) is 9.81 Å². The van der Waals surface area contributed by atoms with E-state index in [2.05, 4.69) is 9.37 Å². The average Bonchev–Trinajstić information content (AvgIpc) is 2.41. The van der Waals surface area contributed by atoms with Crippen LogP contribution in [0.2, 0.25) is 0 Å². The lowest BCUT2D eigenvalue weighted by Gasteiger charge is -2.11. The van der Waals surface area contributed by atoms with E-state index in [1.54, 1.807) is 0 Å². The summed E-state index contributed by atoms with van der Waals surface area (Å²) in [6.45, 7) is 1.42. The van der Waals surface area contributed by atoms with Crippen molar-refractivity contribution in [2.45, 2.75) is 21.6 Å². The second-order valence-corrected chi connectivity index (χ2v) is 8.02. The monoisotopic (exact) mass is 382 g/mol. The Labute approximate surface area is 135 Å². The van der Waals surface area contributed by atoms with E-state index in [1.165, 1.54) is 13.0 Å². The lowest BCUT2D eigenvalue weighted by atomic mass is 10.1. The summed E-state index contributed by atoms with van der Waals surface area (Å²) in [7, 11) is -9.14. The Morgan fingerprint density at radius 1 is 1.00 bits per heavy atom. The molecular weight excluding hydrogens is 372 g/mol. The van der Waals surface area contributed by atoms with Gasteiger partial charge in [0.05, 0.1) is 16.9 Å². The minimum absolute atomic E-state index is 0.0779. The van der Waals surface area contributed by atoms with E-state index in [1.807, 2.05) is 0 Å². The first kappa shape index (κ1) is 18.1. The largest absolute Gasteiger partial charge is 0.295 e. The van der Waals surface area contributed by atoms with Crippen molar-refractivity contribution in [3.05, 3.63) is 29.8 Å². The molecule has 0 heterocycles. The average molecular weight is 382 g/mol. The molecule has 3 N–H and O–H groups in total. The van der Waals surface area contributed by atoms with Gasteiger partial charge in [0.15, 0.2) is 0 Å². The molecule has 0 aliphatic carbocycles. The predicted molar refractivity (Wildman–Crippen MR) is 79.0 cm³/mol. The normalized spacial score (nSPS) is 12.7. The van der Waals surface area contributed by atoms with Gasteiger partial charge in [-0.25, -0.2) is 5.26 Å². The Hall–Kier alpha value is -1.25. The minimum atomic E-state index is -4.63. The van der Waals surface area contributed by atoms with Crippen molar-refractivity contribution in [1.29, 1.82) is 0 Å². The van der Waals surface area contributed by atoms with Gasteiger partial charge in [-0.15, -0.1) is 4.33 Å². The van der Waals surface area contributed by atoms with Gasteiger partial charge in [-0.2, -0.15) is 16.8 Å². The van der Waals surface area contributed by atoms with Crippen molar-refractivity contribution in [2.75, 3.05) is 0 Å². The van der Waals surface area contributed by atoms with E-state index in [0.29, 0.717) is 12.0 Å². The van der Waals surface area contributed by atoms with Gasteiger partial charge in [0.1, 0.15) is 4.90 Å². The first-order chi connectivity index (χ1) is 10.5. The maximum absolute atomic E-state index is 11.6. The third-order valence-electron chi connectivity index (χ3n) is 2.89. The molecule has 0 aromatic heterocycles. The minimum Gasteiger partial charge on any atom is -0.282 e.